The van der Waals surface area contributed by atoms with Crippen molar-refractivity contribution in [3.8, 4) is 0 Å². The molecule has 0 amide bonds. The van der Waals surface area contributed by atoms with Crippen molar-refractivity contribution in [1.29, 1.82) is 0 Å². The first-order valence-electron chi connectivity index (χ1n) is 7.16. The number of nitrogens with one attached hydrogen (secondary N) is 1. The van der Waals surface area contributed by atoms with Gasteiger partial charge < -0.3 is 14.6 Å². The number of aromatic nitrogens is 2. The van der Waals surface area contributed by atoms with Gasteiger partial charge in [-0.25, -0.2) is 4.98 Å². The molecule has 0 bridgehead atoms. The van der Waals surface area contributed by atoms with Crippen LogP contribution in [0, 0.1) is 0 Å². The molecular weight excluding hydrogens is 238 g/mol. The molecule has 1 aromatic heterocycles. The Hall–Kier alpha value is -0.870. The monoisotopic (exact) mass is 265 g/mol. The summed E-state index contributed by atoms with van der Waals surface area (Å²) in [6, 6.07) is 0.809. The van der Waals surface area contributed by atoms with E-state index in [0.29, 0.717) is 12.1 Å². The number of hydrogen-bond acceptors (Lipinski definition) is 3. The largest absolute Gasteiger partial charge is 0.368 e. The minimum absolute atomic E-state index is 0.0470. The Morgan fingerprint density at radius 3 is 2.63 bits per heavy atom. The lowest BCUT2D eigenvalue weighted by Crippen LogP contribution is -2.43. The predicted molar refractivity (Wildman–Crippen MR) is 77.1 cm³/mol. The van der Waals surface area contributed by atoms with Crippen LogP contribution in [0.1, 0.15) is 59.8 Å². The van der Waals surface area contributed by atoms with E-state index in [-0.39, 0.29) is 11.2 Å². The van der Waals surface area contributed by atoms with Crippen LogP contribution in [-0.4, -0.2) is 26.8 Å². The van der Waals surface area contributed by atoms with E-state index in [9.17, 15) is 0 Å². The van der Waals surface area contributed by atoms with E-state index in [1.165, 1.54) is 0 Å². The van der Waals surface area contributed by atoms with Gasteiger partial charge in [-0.05, 0) is 48.0 Å². The lowest BCUT2D eigenvalue weighted by Gasteiger charge is -2.28. The van der Waals surface area contributed by atoms with Crippen molar-refractivity contribution in [2.75, 3.05) is 0 Å². The molecule has 4 nitrogen and oxygen atoms in total. The molecule has 19 heavy (non-hydrogen) atoms. The Kier molecular flexibility index (Phi) is 3.76. The molecule has 1 aliphatic heterocycles. The lowest BCUT2D eigenvalue weighted by atomic mass is 9.94. The first-order valence-corrected chi connectivity index (χ1v) is 7.16. The second kappa shape index (κ2) is 4.91. The van der Waals surface area contributed by atoms with Gasteiger partial charge in [-0.15, -0.1) is 0 Å². The van der Waals surface area contributed by atoms with Crippen LogP contribution >= 0.6 is 0 Å². The zero-order valence-corrected chi connectivity index (χ0v) is 13.0. The predicted octanol–water partition coefficient (Wildman–Crippen LogP) is 2.90. The Morgan fingerprint density at radius 2 is 2.11 bits per heavy atom. The van der Waals surface area contributed by atoms with Gasteiger partial charge in [-0.3, -0.25) is 0 Å². The highest BCUT2D eigenvalue weighted by molar-refractivity contribution is 5.01. The summed E-state index contributed by atoms with van der Waals surface area (Å²) in [5, 5.41) is 3.62. The molecule has 1 atom stereocenters. The minimum atomic E-state index is -0.126. The maximum atomic E-state index is 6.11. The SMILES string of the molecule is CC(C)n1ccnc1CNC1CC(C)(C)OC1(C)C. The maximum Gasteiger partial charge on any atom is 0.122 e. The van der Waals surface area contributed by atoms with Crippen molar-refractivity contribution >= 4 is 0 Å². The van der Waals surface area contributed by atoms with Crippen LogP contribution < -0.4 is 5.32 Å². The van der Waals surface area contributed by atoms with Gasteiger partial charge in [0.05, 0.1) is 17.7 Å². The summed E-state index contributed by atoms with van der Waals surface area (Å²) in [5.74, 6) is 1.09. The Labute approximate surface area is 116 Å². The van der Waals surface area contributed by atoms with E-state index < -0.39 is 0 Å². The summed E-state index contributed by atoms with van der Waals surface area (Å²) in [6.45, 7) is 13.8. The molecule has 1 saturated heterocycles. The maximum absolute atomic E-state index is 6.11. The zero-order chi connectivity index (χ0) is 14.3. The molecule has 108 valence electrons. The van der Waals surface area contributed by atoms with Crippen molar-refractivity contribution in [3.05, 3.63) is 18.2 Å². The van der Waals surface area contributed by atoms with Gasteiger partial charge in [0.25, 0.3) is 0 Å². The smallest absolute Gasteiger partial charge is 0.122 e. The average Bonchev–Trinajstić information content (AvgIpc) is 2.77. The van der Waals surface area contributed by atoms with Gasteiger partial charge in [0, 0.05) is 24.5 Å². The fraction of sp³-hybridized carbons (Fsp3) is 0.800. The molecule has 0 spiro atoms. The molecule has 0 radical (unpaired) electrons. The number of hydrogen-bond donors (Lipinski definition) is 1. The van der Waals surface area contributed by atoms with Crippen molar-refractivity contribution in [2.24, 2.45) is 0 Å². The lowest BCUT2D eigenvalue weighted by molar-refractivity contribution is -0.0699. The molecule has 0 aliphatic carbocycles. The molecule has 1 aromatic rings. The third-order valence-electron chi connectivity index (χ3n) is 3.89. The quantitative estimate of drug-likeness (QED) is 0.910. The van der Waals surface area contributed by atoms with Gasteiger partial charge in [0.15, 0.2) is 0 Å². The Balaban J connectivity index is 2.01. The molecule has 1 unspecified atom stereocenters. The van der Waals surface area contributed by atoms with Crippen molar-refractivity contribution in [1.82, 2.24) is 14.9 Å². The van der Waals surface area contributed by atoms with Crippen molar-refractivity contribution < 1.29 is 4.74 Å². The summed E-state index contributed by atoms with van der Waals surface area (Å²) >= 11 is 0. The highest BCUT2D eigenvalue weighted by atomic mass is 16.5. The normalized spacial score (nSPS) is 25.1. The summed E-state index contributed by atoms with van der Waals surface area (Å²) in [4.78, 5) is 4.44. The molecule has 0 aromatic carbocycles. The van der Waals surface area contributed by atoms with Crippen LogP contribution in [0.15, 0.2) is 12.4 Å². The van der Waals surface area contributed by atoms with Gasteiger partial charge in [-0.1, -0.05) is 0 Å². The Bertz CT molecular complexity index is 434. The van der Waals surface area contributed by atoms with E-state index in [0.717, 1.165) is 18.8 Å². The van der Waals surface area contributed by atoms with Gasteiger partial charge in [0.2, 0.25) is 0 Å². The number of ether oxygens (including phenoxy) is 1. The van der Waals surface area contributed by atoms with Crippen molar-refractivity contribution in [2.45, 2.75) is 77.8 Å². The van der Waals surface area contributed by atoms with Crippen LogP contribution in [0.2, 0.25) is 0 Å². The topological polar surface area (TPSA) is 39.1 Å². The summed E-state index contributed by atoms with van der Waals surface area (Å²) in [6.07, 6.45) is 4.95. The molecular formula is C15H27N3O. The molecule has 1 fully saturated rings. The van der Waals surface area contributed by atoms with E-state index in [1.807, 2.05) is 12.4 Å². The highest BCUT2D eigenvalue weighted by Crippen LogP contribution is 2.37. The summed E-state index contributed by atoms with van der Waals surface area (Å²) in [7, 11) is 0. The highest BCUT2D eigenvalue weighted by Gasteiger charge is 2.45. The van der Waals surface area contributed by atoms with Gasteiger partial charge >= 0.3 is 0 Å². The zero-order valence-electron chi connectivity index (χ0n) is 13.0. The molecule has 2 rings (SSSR count). The second-order valence-corrected chi connectivity index (χ2v) is 6.95. The first kappa shape index (κ1) is 14.5. The van der Waals surface area contributed by atoms with Crippen LogP contribution in [-0.2, 0) is 11.3 Å². The van der Waals surface area contributed by atoms with Crippen LogP contribution in [0.25, 0.3) is 0 Å². The fourth-order valence-corrected chi connectivity index (χ4v) is 3.05. The molecule has 2 heterocycles. The number of rotatable bonds is 4. The van der Waals surface area contributed by atoms with Gasteiger partial charge in [0.1, 0.15) is 5.82 Å². The second-order valence-electron chi connectivity index (χ2n) is 6.95. The molecule has 4 heteroatoms. The third-order valence-corrected chi connectivity index (χ3v) is 3.89. The molecule has 1 N–H and O–H groups in total. The number of nitrogens with zero attached hydrogens (tertiary/aromatic N) is 2. The van der Waals surface area contributed by atoms with Gasteiger partial charge in [-0.2, -0.15) is 0 Å². The summed E-state index contributed by atoms with van der Waals surface area (Å²) in [5.41, 5.74) is -0.173. The Morgan fingerprint density at radius 1 is 1.42 bits per heavy atom. The average molecular weight is 265 g/mol. The number of imidazole rings is 1. The molecule has 1 aliphatic rings. The van der Waals surface area contributed by atoms with E-state index >= 15 is 0 Å². The third kappa shape index (κ3) is 3.18. The fourth-order valence-electron chi connectivity index (χ4n) is 3.05. The first-order chi connectivity index (χ1) is 8.71. The molecule has 0 saturated carbocycles. The summed E-state index contributed by atoms with van der Waals surface area (Å²) < 4.78 is 8.32. The van der Waals surface area contributed by atoms with Crippen LogP contribution in [0.4, 0.5) is 0 Å². The van der Waals surface area contributed by atoms with E-state index in [4.69, 9.17) is 4.74 Å². The van der Waals surface area contributed by atoms with Crippen LogP contribution in [0.5, 0.6) is 0 Å². The van der Waals surface area contributed by atoms with Crippen LogP contribution in [0.3, 0.4) is 0 Å². The van der Waals surface area contributed by atoms with E-state index in [2.05, 4.69) is 56.4 Å². The van der Waals surface area contributed by atoms with E-state index in [1.54, 1.807) is 0 Å². The van der Waals surface area contributed by atoms with Crippen molar-refractivity contribution in [3.63, 3.8) is 0 Å². The minimum Gasteiger partial charge on any atom is -0.368 e. The standard InChI is InChI=1S/C15H27N3O/c1-11(2)18-8-7-16-13(18)10-17-12-9-14(3,4)19-15(12,5)6/h7-8,11-12,17H,9-10H2,1-6H3.